The van der Waals surface area contributed by atoms with E-state index in [1.165, 1.54) is 22.2 Å². The van der Waals surface area contributed by atoms with Gasteiger partial charge in [-0.1, -0.05) is 0 Å². The number of likely N-dealkylation sites (N-methyl/N-ethyl adjacent to an activating group) is 1. The van der Waals surface area contributed by atoms with Crippen molar-refractivity contribution in [3.63, 3.8) is 0 Å². The van der Waals surface area contributed by atoms with Crippen LogP contribution in [0, 0.1) is 0 Å². The van der Waals surface area contributed by atoms with E-state index in [-0.39, 0.29) is 0 Å². The molecule has 2 aromatic rings. The Labute approximate surface area is 94.8 Å². The van der Waals surface area contributed by atoms with Gasteiger partial charge in [0.2, 0.25) is 0 Å². The van der Waals surface area contributed by atoms with Gasteiger partial charge in [-0.2, -0.15) is 0 Å². The number of benzene rings is 1. The van der Waals surface area contributed by atoms with Crippen LogP contribution in [0.2, 0.25) is 0 Å². The fraction of sp³-hybridized carbons (Fsp3) is 0.385. The third-order valence-electron chi connectivity index (χ3n) is 3.51. The number of hydrogen-bond acceptors (Lipinski definition) is 2. The predicted molar refractivity (Wildman–Crippen MR) is 65.1 cm³/mol. The minimum atomic E-state index is 0.591. The smallest absolute Gasteiger partial charge is 0.120 e. The second kappa shape index (κ2) is 3.52. The lowest BCUT2D eigenvalue weighted by atomic mass is 10.1. The molecule has 3 rings (SSSR count). The molecule has 1 heterocycles. The summed E-state index contributed by atoms with van der Waals surface area (Å²) in [6.07, 6.45) is 2.22. The van der Waals surface area contributed by atoms with Gasteiger partial charge in [-0.25, -0.2) is 0 Å². The summed E-state index contributed by atoms with van der Waals surface area (Å²) < 4.78 is 5.23. The largest absolute Gasteiger partial charge is 0.497 e. The molecule has 0 saturated heterocycles. The van der Waals surface area contributed by atoms with E-state index < -0.39 is 0 Å². The Morgan fingerprint density at radius 2 is 2.25 bits per heavy atom. The summed E-state index contributed by atoms with van der Waals surface area (Å²) in [5.41, 5.74) is 4.04. The fourth-order valence-corrected chi connectivity index (χ4v) is 2.59. The Hall–Kier alpha value is -1.48. The van der Waals surface area contributed by atoms with Gasteiger partial charge in [0.15, 0.2) is 0 Å². The minimum absolute atomic E-state index is 0.591. The highest BCUT2D eigenvalue weighted by molar-refractivity contribution is 5.86. The molecule has 1 aliphatic carbocycles. The third kappa shape index (κ3) is 1.32. The molecule has 0 radical (unpaired) electrons. The van der Waals surface area contributed by atoms with Crippen LogP contribution in [0.1, 0.15) is 11.3 Å². The van der Waals surface area contributed by atoms with Gasteiger partial charge in [0, 0.05) is 35.1 Å². The maximum Gasteiger partial charge on any atom is 0.120 e. The SMILES string of the molecule is CNC1Cc2[nH]c3cc(OC)ccc3c2C1. The van der Waals surface area contributed by atoms with Crippen LogP contribution in [0.15, 0.2) is 18.2 Å². The first kappa shape index (κ1) is 9.73. The van der Waals surface area contributed by atoms with Gasteiger partial charge in [-0.05, 0) is 31.2 Å². The van der Waals surface area contributed by atoms with Gasteiger partial charge in [0.05, 0.1) is 7.11 Å². The van der Waals surface area contributed by atoms with E-state index in [1.54, 1.807) is 7.11 Å². The second-order valence-electron chi connectivity index (χ2n) is 4.39. The Balaban J connectivity index is 2.09. The normalized spacial score (nSPS) is 19.0. The lowest BCUT2D eigenvalue weighted by Crippen LogP contribution is -2.25. The van der Waals surface area contributed by atoms with Crippen molar-refractivity contribution in [1.29, 1.82) is 0 Å². The summed E-state index contributed by atoms with van der Waals surface area (Å²) in [6.45, 7) is 0. The summed E-state index contributed by atoms with van der Waals surface area (Å²) in [6, 6.07) is 6.85. The molecular formula is C13H16N2O. The zero-order valence-electron chi connectivity index (χ0n) is 9.63. The Morgan fingerprint density at radius 1 is 1.38 bits per heavy atom. The maximum atomic E-state index is 5.23. The van der Waals surface area contributed by atoms with E-state index >= 15 is 0 Å². The molecule has 84 valence electrons. The number of H-pyrrole nitrogens is 1. The predicted octanol–water partition coefficient (Wildman–Crippen LogP) is 1.86. The molecule has 0 saturated carbocycles. The summed E-state index contributed by atoms with van der Waals surface area (Å²) >= 11 is 0. The van der Waals surface area contributed by atoms with Gasteiger partial charge >= 0.3 is 0 Å². The number of ether oxygens (including phenoxy) is 1. The van der Waals surface area contributed by atoms with Gasteiger partial charge in [0.1, 0.15) is 5.75 Å². The third-order valence-corrected chi connectivity index (χ3v) is 3.51. The van der Waals surface area contributed by atoms with Crippen molar-refractivity contribution < 1.29 is 4.74 Å². The highest BCUT2D eigenvalue weighted by Gasteiger charge is 2.24. The van der Waals surface area contributed by atoms with Crippen LogP contribution < -0.4 is 10.1 Å². The monoisotopic (exact) mass is 216 g/mol. The van der Waals surface area contributed by atoms with Crippen molar-refractivity contribution in [2.24, 2.45) is 0 Å². The van der Waals surface area contributed by atoms with Crippen molar-refractivity contribution in [2.45, 2.75) is 18.9 Å². The fourth-order valence-electron chi connectivity index (χ4n) is 2.59. The molecular weight excluding hydrogens is 200 g/mol. The molecule has 0 bridgehead atoms. The summed E-state index contributed by atoms with van der Waals surface area (Å²) in [7, 11) is 3.73. The summed E-state index contributed by atoms with van der Waals surface area (Å²) in [5, 5.41) is 4.68. The second-order valence-corrected chi connectivity index (χ2v) is 4.39. The molecule has 16 heavy (non-hydrogen) atoms. The Morgan fingerprint density at radius 3 is 3.00 bits per heavy atom. The number of hydrogen-bond donors (Lipinski definition) is 2. The quantitative estimate of drug-likeness (QED) is 0.804. The highest BCUT2D eigenvalue weighted by atomic mass is 16.5. The van der Waals surface area contributed by atoms with Gasteiger partial charge in [-0.3, -0.25) is 0 Å². The van der Waals surface area contributed by atoms with E-state index in [2.05, 4.69) is 22.4 Å². The zero-order valence-corrected chi connectivity index (χ0v) is 9.63. The summed E-state index contributed by atoms with van der Waals surface area (Å²) in [4.78, 5) is 3.50. The minimum Gasteiger partial charge on any atom is -0.497 e. The standard InChI is InChI=1S/C13H16N2O/c1-14-8-5-11-10-4-3-9(16-2)7-13(10)15-12(11)6-8/h3-4,7-8,14-15H,5-6H2,1-2H3. The van der Waals surface area contributed by atoms with Crippen LogP contribution in [-0.4, -0.2) is 25.2 Å². The van der Waals surface area contributed by atoms with Crippen LogP contribution in [-0.2, 0) is 12.8 Å². The lowest BCUT2D eigenvalue weighted by molar-refractivity contribution is 0.415. The molecule has 0 fully saturated rings. The van der Waals surface area contributed by atoms with E-state index in [0.717, 1.165) is 18.6 Å². The molecule has 3 nitrogen and oxygen atoms in total. The lowest BCUT2D eigenvalue weighted by Gasteiger charge is -2.06. The highest BCUT2D eigenvalue weighted by Crippen LogP contribution is 2.31. The van der Waals surface area contributed by atoms with Crippen LogP contribution in [0.3, 0.4) is 0 Å². The average molecular weight is 216 g/mol. The number of aromatic nitrogens is 1. The van der Waals surface area contributed by atoms with Crippen molar-refractivity contribution >= 4 is 10.9 Å². The van der Waals surface area contributed by atoms with E-state index in [4.69, 9.17) is 4.74 Å². The van der Waals surface area contributed by atoms with Crippen molar-refractivity contribution in [3.05, 3.63) is 29.5 Å². The zero-order chi connectivity index (χ0) is 11.1. The first-order valence-electron chi connectivity index (χ1n) is 5.66. The number of methoxy groups -OCH3 is 1. The number of fused-ring (bicyclic) bond motifs is 3. The van der Waals surface area contributed by atoms with Crippen LogP contribution in [0.5, 0.6) is 5.75 Å². The summed E-state index contributed by atoms with van der Waals surface area (Å²) in [5.74, 6) is 0.914. The van der Waals surface area contributed by atoms with E-state index in [9.17, 15) is 0 Å². The molecule has 1 unspecified atom stereocenters. The molecule has 0 aliphatic heterocycles. The molecule has 1 aromatic heterocycles. The number of rotatable bonds is 2. The Bertz CT molecular complexity index is 530. The van der Waals surface area contributed by atoms with Crippen molar-refractivity contribution in [1.82, 2.24) is 10.3 Å². The van der Waals surface area contributed by atoms with Crippen molar-refractivity contribution in [3.8, 4) is 5.75 Å². The molecule has 2 N–H and O–H groups in total. The molecule has 0 spiro atoms. The first-order chi connectivity index (χ1) is 7.81. The maximum absolute atomic E-state index is 5.23. The molecule has 3 heteroatoms. The average Bonchev–Trinajstić information content (AvgIpc) is 2.84. The van der Waals surface area contributed by atoms with Gasteiger partial charge < -0.3 is 15.0 Å². The Kier molecular flexibility index (Phi) is 2.14. The van der Waals surface area contributed by atoms with E-state index in [1.807, 2.05) is 13.1 Å². The molecule has 1 aliphatic rings. The molecule has 0 amide bonds. The van der Waals surface area contributed by atoms with Crippen LogP contribution in [0.4, 0.5) is 0 Å². The van der Waals surface area contributed by atoms with Crippen LogP contribution >= 0.6 is 0 Å². The number of aromatic amines is 1. The first-order valence-corrected chi connectivity index (χ1v) is 5.66. The van der Waals surface area contributed by atoms with Gasteiger partial charge in [0.25, 0.3) is 0 Å². The topological polar surface area (TPSA) is 37.0 Å². The van der Waals surface area contributed by atoms with Crippen molar-refractivity contribution in [2.75, 3.05) is 14.2 Å². The van der Waals surface area contributed by atoms with Gasteiger partial charge in [-0.15, -0.1) is 0 Å². The molecule has 1 atom stereocenters. The van der Waals surface area contributed by atoms with E-state index in [0.29, 0.717) is 6.04 Å². The van der Waals surface area contributed by atoms with Crippen LogP contribution in [0.25, 0.3) is 10.9 Å². The number of nitrogens with one attached hydrogen (secondary N) is 2. The molecule has 1 aromatic carbocycles.